The van der Waals surface area contributed by atoms with Crippen molar-refractivity contribution in [3.8, 4) is 6.07 Å². The van der Waals surface area contributed by atoms with Gasteiger partial charge in [-0.05, 0) is 11.6 Å². The smallest absolute Gasteiger partial charge is 0.149 e. The van der Waals surface area contributed by atoms with Crippen molar-refractivity contribution in [1.29, 1.82) is 5.26 Å². The molecular formula is C9H9F2N3. The van der Waals surface area contributed by atoms with Gasteiger partial charge in [-0.25, -0.2) is 8.78 Å². The molecule has 0 aliphatic heterocycles. The van der Waals surface area contributed by atoms with Gasteiger partial charge in [0.15, 0.2) is 0 Å². The Bertz CT molecular complexity index is 384. The summed E-state index contributed by atoms with van der Waals surface area (Å²) in [6, 6.07) is 2.77. The quantitative estimate of drug-likeness (QED) is 0.704. The lowest BCUT2D eigenvalue weighted by Crippen LogP contribution is -2.13. The monoisotopic (exact) mass is 197 g/mol. The van der Waals surface area contributed by atoms with Crippen molar-refractivity contribution in [2.24, 2.45) is 5.73 Å². The minimum atomic E-state index is -0.853. The Balaban J connectivity index is 3.14. The summed E-state index contributed by atoms with van der Waals surface area (Å²) >= 11 is 0. The van der Waals surface area contributed by atoms with Gasteiger partial charge in [0.1, 0.15) is 11.6 Å². The van der Waals surface area contributed by atoms with Gasteiger partial charge in [-0.3, -0.25) is 0 Å². The van der Waals surface area contributed by atoms with Gasteiger partial charge in [-0.15, -0.1) is 0 Å². The van der Waals surface area contributed by atoms with Gasteiger partial charge in [-0.1, -0.05) is 0 Å². The normalized spacial score (nSPS) is 12.1. The zero-order chi connectivity index (χ0) is 10.7. The van der Waals surface area contributed by atoms with Crippen molar-refractivity contribution < 1.29 is 8.78 Å². The number of hydrogen-bond donors (Lipinski definition) is 2. The van der Waals surface area contributed by atoms with Crippen LogP contribution in [0.3, 0.4) is 0 Å². The number of anilines is 1. The van der Waals surface area contributed by atoms with Gasteiger partial charge in [0.2, 0.25) is 0 Å². The first-order chi connectivity index (χ1) is 6.56. The SMILES string of the molecule is N#CCC(N)c1cc(F)cc(F)c1N. The van der Waals surface area contributed by atoms with Crippen molar-refractivity contribution in [3.63, 3.8) is 0 Å². The van der Waals surface area contributed by atoms with E-state index in [0.29, 0.717) is 6.07 Å². The first-order valence-corrected chi connectivity index (χ1v) is 3.93. The summed E-state index contributed by atoms with van der Waals surface area (Å²) in [4.78, 5) is 0. The fraction of sp³-hybridized carbons (Fsp3) is 0.222. The molecule has 1 aromatic carbocycles. The zero-order valence-electron chi connectivity index (χ0n) is 7.30. The van der Waals surface area contributed by atoms with E-state index >= 15 is 0 Å². The second kappa shape index (κ2) is 4.03. The van der Waals surface area contributed by atoms with Crippen LogP contribution < -0.4 is 11.5 Å². The Morgan fingerprint density at radius 2 is 2.07 bits per heavy atom. The van der Waals surface area contributed by atoms with Crippen LogP contribution in [-0.4, -0.2) is 0 Å². The van der Waals surface area contributed by atoms with E-state index in [4.69, 9.17) is 16.7 Å². The van der Waals surface area contributed by atoms with E-state index in [0.717, 1.165) is 6.07 Å². The molecule has 0 aromatic heterocycles. The van der Waals surface area contributed by atoms with Crippen molar-refractivity contribution in [2.75, 3.05) is 5.73 Å². The molecule has 3 nitrogen and oxygen atoms in total. The largest absolute Gasteiger partial charge is 0.396 e. The lowest BCUT2D eigenvalue weighted by molar-refractivity contribution is 0.577. The molecule has 0 radical (unpaired) electrons. The average Bonchev–Trinajstić information content (AvgIpc) is 2.11. The highest BCUT2D eigenvalue weighted by Gasteiger charge is 2.14. The second-order valence-electron chi connectivity index (χ2n) is 2.86. The van der Waals surface area contributed by atoms with Crippen molar-refractivity contribution in [1.82, 2.24) is 0 Å². The summed E-state index contributed by atoms with van der Waals surface area (Å²) in [6.07, 6.45) is -0.0346. The summed E-state index contributed by atoms with van der Waals surface area (Å²) < 4.78 is 25.7. The van der Waals surface area contributed by atoms with Gasteiger partial charge in [0, 0.05) is 12.1 Å². The van der Waals surface area contributed by atoms with Crippen LogP contribution in [0.4, 0.5) is 14.5 Å². The Kier molecular flexibility index (Phi) is 2.99. The van der Waals surface area contributed by atoms with Crippen LogP contribution in [0.5, 0.6) is 0 Å². The van der Waals surface area contributed by atoms with E-state index in [2.05, 4.69) is 0 Å². The molecule has 4 N–H and O–H groups in total. The minimum absolute atomic E-state index is 0.0346. The standard InChI is InChI=1S/C9H9F2N3/c10-5-3-6(8(13)1-2-12)9(14)7(11)4-5/h3-4,8H,1,13-14H2. The Hall–Kier alpha value is -1.67. The van der Waals surface area contributed by atoms with Gasteiger partial charge >= 0.3 is 0 Å². The zero-order valence-corrected chi connectivity index (χ0v) is 7.30. The minimum Gasteiger partial charge on any atom is -0.396 e. The molecule has 0 heterocycles. The average molecular weight is 197 g/mol. The molecule has 1 atom stereocenters. The van der Waals surface area contributed by atoms with Gasteiger partial charge in [-0.2, -0.15) is 5.26 Å². The molecule has 1 rings (SSSR count). The number of hydrogen-bond acceptors (Lipinski definition) is 3. The predicted octanol–water partition coefficient (Wildman–Crippen LogP) is 1.46. The second-order valence-corrected chi connectivity index (χ2v) is 2.86. The molecule has 0 saturated carbocycles. The molecule has 0 spiro atoms. The maximum atomic E-state index is 12.9. The van der Waals surface area contributed by atoms with Crippen LogP contribution in [0.15, 0.2) is 12.1 Å². The van der Waals surface area contributed by atoms with Crippen LogP contribution in [0.1, 0.15) is 18.0 Å². The molecule has 5 heteroatoms. The summed E-state index contributed by atoms with van der Waals surface area (Å²) in [6.45, 7) is 0. The molecule has 0 amide bonds. The highest BCUT2D eigenvalue weighted by molar-refractivity contribution is 5.50. The van der Waals surface area contributed by atoms with Crippen LogP contribution in [-0.2, 0) is 0 Å². The lowest BCUT2D eigenvalue weighted by Gasteiger charge is -2.11. The van der Waals surface area contributed by atoms with Crippen molar-refractivity contribution in [2.45, 2.75) is 12.5 Å². The van der Waals surface area contributed by atoms with Crippen LogP contribution in [0.25, 0.3) is 0 Å². The Labute approximate surface area is 79.9 Å². The molecule has 74 valence electrons. The summed E-state index contributed by atoms with van der Waals surface area (Å²) in [5.41, 5.74) is 10.8. The van der Waals surface area contributed by atoms with Gasteiger partial charge in [0.25, 0.3) is 0 Å². The van der Waals surface area contributed by atoms with Gasteiger partial charge < -0.3 is 11.5 Å². The number of rotatable bonds is 2. The molecule has 1 aromatic rings. The molecule has 0 bridgehead atoms. The lowest BCUT2D eigenvalue weighted by atomic mass is 10.0. The molecule has 0 aliphatic carbocycles. The number of nitrogens with two attached hydrogens (primary N) is 2. The number of benzene rings is 1. The first-order valence-electron chi connectivity index (χ1n) is 3.93. The number of nitrogen functional groups attached to an aromatic ring is 1. The fourth-order valence-corrected chi connectivity index (χ4v) is 1.12. The maximum Gasteiger partial charge on any atom is 0.149 e. The number of halogens is 2. The van der Waals surface area contributed by atoms with Gasteiger partial charge in [0.05, 0.1) is 18.2 Å². The third-order valence-electron chi connectivity index (χ3n) is 1.84. The first kappa shape index (κ1) is 10.4. The van der Waals surface area contributed by atoms with Crippen molar-refractivity contribution in [3.05, 3.63) is 29.3 Å². The van der Waals surface area contributed by atoms with E-state index in [1.54, 1.807) is 6.07 Å². The Morgan fingerprint density at radius 1 is 1.43 bits per heavy atom. The third kappa shape index (κ3) is 1.98. The van der Waals surface area contributed by atoms with E-state index in [9.17, 15) is 8.78 Å². The third-order valence-corrected chi connectivity index (χ3v) is 1.84. The molecule has 14 heavy (non-hydrogen) atoms. The molecule has 1 unspecified atom stereocenters. The van der Waals surface area contributed by atoms with Crippen LogP contribution in [0, 0.1) is 23.0 Å². The topological polar surface area (TPSA) is 75.8 Å². The highest BCUT2D eigenvalue weighted by Crippen LogP contribution is 2.24. The molecule has 0 fully saturated rings. The van der Waals surface area contributed by atoms with Crippen LogP contribution in [0.2, 0.25) is 0 Å². The summed E-state index contributed by atoms with van der Waals surface area (Å²) in [5.74, 6) is -1.60. The predicted molar refractivity (Wildman–Crippen MR) is 47.9 cm³/mol. The molecule has 0 saturated heterocycles. The number of nitriles is 1. The molecular weight excluding hydrogens is 188 g/mol. The van der Waals surface area contributed by atoms with Crippen molar-refractivity contribution >= 4 is 5.69 Å². The highest BCUT2D eigenvalue weighted by atomic mass is 19.1. The summed E-state index contributed by atoms with van der Waals surface area (Å²) in [5, 5.41) is 8.37. The Morgan fingerprint density at radius 3 is 2.64 bits per heavy atom. The summed E-state index contributed by atoms with van der Waals surface area (Å²) in [7, 11) is 0. The maximum absolute atomic E-state index is 12.9. The fourth-order valence-electron chi connectivity index (χ4n) is 1.12. The van der Waals surface area contributed by atoms with E-state index in [-0.39, 0.29) is 17.7 Å². The number of nitrogens with zero attached hydrogens (tertiary/aromatic N) is 1. The molecule has 0 aliphatic rings. The van der Waals surface area contributed by atoms with Crippen LogP contribution >= 0.6 is 0 Å². The van der Waals surface area contributed by atoms with E-state index in [1.165, 1.54) is 0 Å². The van der Waals surface area contributed by atoms with E-state index in [1.807, 2.05) is 0 Å². The van der Waals surface area contributed by atoms with E-state index < -0.39 is 17.7 Å².